The maximum atomic E-state index is 10.8. The Bertz CT molecular complexity index is 349. The third-order valence-electron chi connectivity index (χ3n) is 2.51. The van der Waals surface area contributed by atoms with Gasteiger partial charge in [0.05, 0.1) is 6.04 Å². The van der Waals surface area contributed by atoms with Crippen LogP contribution in [0, 0.1) is 0 Å². The van der Waals surface area contributed by atoms with Crippen molar-refractivity contribution >= 4 is 23.4 Å². The summed E-state index contributed by atoms with van der Waals surface area (Å²) < 4.78 is 0. The first-order chi connectivity index (χ1) is 7.50. The van der Waals surface area contributed by atoms with Crippen molar-refractivity contribution in [2.45, 2.75) is 18.9 Å². The van der Waals surface area contributed by atoms with Gasteiger partial charge in [-0.15, -0.1) is 12.6 Å². The van der Waals surface area contributed by atoms with E-state index in [1.807, 2.05) is 19.0 Å². The Labute approximate surface area is 102 Å². The largest absolute Gasteiger partial charge is 0.378 e. The highest BCUT2D eigenvalue weighted by atomic mass is 32.1. The van der Waals surface area contributed by atoms with Gasteiger partial charge in [0.15, 0.2) is 0 Å². The molecule has 0 fully saturated rings. The molecule has 16 heavy (non-hydrogen) atoms. The van der Waals surface area contributed by atoms with Crippen molar-refractivity contribution in [2.24, 2.45) is 5.73 Å². The minimum Gasteiger partial charge on any atom is -0.378 e. The number of hydrogen-bond donors (Lipinski definition) is 2. The van der Waals surface area contributed by atoms with Gasteiger partial charge in [-0.2, -0.15) is 0 Å². The molecule has 0 unspecified atom stereocenters. The van der Waals surface area contributed by atoms with Crippen LogP contribution in [0.3, 0.4) is 0 Å². The number of benzene rings is 1. The van der Waals surface area contributed by atoms with E-state index in [4.69, 9.17) is 5.73 Å². The molecule has 1 atom stereocenters. The first-order valence-corrected chi connectivity index (χ1v) is 5.70. The van der Waals surface area contributed by atoms with Crippen molar-refractivity contribution in [3.8, 4) is 0 Å². The van der Waals surface area contributed by atoms with Crippen LogP contribution in [-0.4, -0.2) is 25.3 Å². The summed E-state index contributed by atoms with van der Waals surface area (Å²) in [7, 11) is 4.01. The van der Waals surface area contributed by atoms with Crippen molar-refractivity contribution in [2.75, 3.05) is 19.0 Å². The normalized spacial score (nSPS) is 12.2. The molecule has 2 N–H and O–H groups in total. The van der Waals surface area contributed by atoms with Crippen molar-refractivity contribution in [1.29, 1.82) is 0 Å². The number of nitrogens with two attached hydrogens (primary N) is 1. The summed E-state index contributed by atoms with van der Waals surface area (Å²) in [6.07, 6.45) is 1.45. The zero-order valence-corrected chi connectivity index (χ0v) is 10.6. The van der Waals surface area contributed by atoms with Crippen LogP contribution in [0.4, 0.5) is 5.69 Å². The molecule has 0 saturated heterocycles. The second-order valence-corrected chi connectivity index (χ2v) is 4.49. The fraction of sp³-hybridized carbons (Fsp3) is 0.417. The fourth-order valence-corrected chi connectivity index (χ4v) is 1.54. The number of hydrogen-bond acceptors (Lipinski definition) is 3. The van der Waals surface area contributed by atoms with E-state index in [0.29, 0.717) is 6.42 Å². The second-order valence-electron chi connectivity index (χ2n) is 4.04. The third kappa shape index (κ3) is 3.87. The highest BCUT2D eigenvalue weighted by Gasteiger charge is 2.08. The predicted molar refractivity (Wildman–Crippen MR) is 71.1 cm³/mol. The smallest absolute Gasteiger partial charge is 0.202 e. The highest BCUT2D eigenvalue weighted by Crippen LogP contribution is 2.13. The molecule has 4 heteroatoms. The van der Waals surface area contributed by atoms with E-state index >= 15 is 0 Å². The second kappa shape index (κ2) is 5.92. The molecule has 0 radical (unpaired) electrons. The molecule has 1 aromatic carbocycles. The van der Waals surface area contributed by atoms with Crippen molar-refractivity contribution < 1.29 is 4.79 Å². The van der Waals surface area contributed by atoms with E-state index in [9.17, 15) is 4.79 Å². The zero-order chi connectivity index (χ0) is 12.1. The number of thiol groups is 1. The van der Waals surface area contributed by atoms with Crippen LogP contribution >= 0.6 is 12.6 Å². The molecule has 0 aromatic heterocycles. The summed E-state index contributed by atoms with van der Waals surface area (Å²) in [6, 6.07) is 7.78. The number of rotatable bonds is 5. The van der Waals surface area contributed by atoms with Gasteiger partial charge in [0.25, 0.3) is 0 Å². The minimum atomic E-state index is -0.461. The van der Waals surface area contributed by atoms with E-state index in [1.165, 1.54) is 11.3 Å². The van der Waals surface area contributed by atoms with Gasteiger partial charge in [0.1, 0.15) is 0 Å². The predicted octanol–water partition coefficient (Wildman–Crippen LogP) is 1.47. The van der Waals surface area contributed by atoms with E-state index in [2.05, 4.69) is 36.9 Å². The Balaban J connectivity index is 2.52. The molecular formula is C12H18N2OS. The molecule has 88 valence electrons. The van der Waals surface area contributed by atoms with Crippen molar-refractivity contribution in [3.63, 3.8) is 0 Å². The lowest BCUT2D eigenvalue weighted by Crippen LogP contribution is -2.27. The molecule has 1 rings (SSSR count). The lowest BCUT2D eigenvalue weighted by molar-refractivity contribution is -0.112. The van der Waals surface area contributed by atoms with Crippen LogP contribution in [0.15, 0.2) is 24.3 Å². The first-order valence-electron chi connectivity index (χ1n) is 5.25. The molecule has 0 heterocycles. The Morgan fingerprint density at radius 2 is 1.94 bits per heavy atom. The molecule has 0 bridgehead atoms. The summed E-state index contributed by atoms with van der Waals surface area (Å²) in [5, 5.41) is -0.245. The van der Waals surface area contributed by atoms with Gasteiger partial charge in [0, 0.05) is 19.8 Å². The van der Waals surface area contributed by atoms with Gasteiger partial charge in [0.2, 0.25) is 5.12 Å². The lowest BCUT2D eigenvalue weighted by atomic mass is 10.1. The fourth-order valence-electron chi connectivity index (χ4n) is 1.41. The Hall–Kier alpha value is -1.00. The van der Waals surface area contributed by atoms with Gasteiger partial charge in [-0.25, -0.2) is 0 Å². The first kappa shape index (κ1) is 13.1. The molecule has 0 spiro atoms. The van der Waals surface area contributed by atoms with E-state index < -0.39 is 6.04 Å². The Morgan fingerprint density at radius 1 is 1.38 bits per heavy atom. The highest BCUT2D eigenvalue weighted by molar-refractivity contribution is 7.96. The quantitative estimate of drug-likeness (QED) is 0.764. The topological polar surface area (TPSA) is 46.3 Å². The molecule has 3 nitrogen and oxygen atoms in total. The minimum absolute atomic E-state index is 0.245. The van der Waals surface area contributed by atoms with Gasteiger partial charge >= 0.3 is 0 Å². The average Bonchev–Trinajstić information content (AvgIpc) is 2.26. The zero-order valence-electron chi connectivity index (χ0n) is 9.68. The lowest BCUT2D eigenvalue weighted by Gasteiger charge is -2.13. The van der Waals surface area contributed by atoms with Gasteiger partial charge in [-0.1, -0.05) is 12.1 Å². The summed E-state index contributed by atoms with van der Waals surface area (Å²) in [4.78, 5) is 12.9. The molecule has 1 aromatic rings. The Morgan fingerprint density at radius 3 is 2.38 bits per heavy atom. The van der Waals surface area contributed by atoms with E-state index in [-0.39, 0.29) is 5.12 Å². The van der Waals surface area contributed by atoms with E-state index in [1.54, 1.807) is 0 Å². The SMILES string of the molecule is CN(C)c1ccc(CC[C@H](N)C(=O)S)cc1. The van der Waals surface area contributed by atoms with E-state index in [0.717, 1.165) is 6.42 Å². The third-order valence-corrected chi connectivity index (χ3v) is 2.85. The van der Waals surface area contributed by atoms with Crippen molar-refractivity contribution in [1.82, 2.24) is 0 Å². The van der Waals surface area contributed by atoms with Gasteiger partial charge < -0.3 is 10.6 Å². The standard InChI is InChI=1S/C12H18N2OS/c1-14(2)10-6-3-9(4-7-10)5-8-11(13)12(15)16/h3-4,6-7,11H,5,8,13H2,1-2H3,(H,15,16)/t11-/m0/s1. The maximum absolute atomic E-state index is 10.8. The van der Waals surface area contributed by atoms with Crippen LogP contribution in [0.25, 0.3) is 0 Å². The number of carbonyl (C=O) groups is 1. The summed E-state index contributed by atoms with van der Waals surface area (Å²) in [5.41, 5.74) is 7.96. The summed E-state index contributed by atoms with van der Waals surface area (Å²) >= 11 is 3.71. The maximum Gasteiger partial charge on any atom is 0.202 e. The monoisotopic (exact) mass is 238 g/mol. The van der Waals surface area contributed by atoms with Crippen molar-refractivity contribution in [3.05, 3.63) is 29.8 Å². The van der Waals surface area contributed by atoms with Crippen LogP contribution in [-0.2, 0) is 11.2 Å². The van der Waals surface area contributed by atoms with Gasteiger partial charge in [-0.05, 0) is 30.5 Å². The molecular weight excluding hydrogens is 220 g/mol. The molecule has 0 aliphatic carbocycles. The molecule has 0 aliphatic rings. The number of anilines is 1. The Kier molecular flexibility index (Phi) is 4.83. The summed E-state index contributed by atoms with van der Waals surface area (Å²) in [5.74, 6) is 0. The summed E-state index contributed by atoms with van der Waals surface area (Å²) in [6.45, 7) is 0. The van der Waals surface area contributed by atoms with Crippen LogP contribution in [0.5, 0.6) is 0 Å². The van der Waals surface area contributed by atoms with Crippen LogP contribution < -0.4 is 10.6 Å². The molecule has 0 saturated carbocycles. The average molecular weight is 238 g/mol. The van der Waals surface area contributed by atoms with Gasteiger partial charge in [-0.3, -0.25) is 4.79 Å². The number of carbonyl (C=O) groups excluding carboxylic acids is 1. The number of nitrogens with zero attached hydrogens (tertiary/aromatic N) is 1. The molecule has 0 amide bonds. The van der Waals surface area contributed by atoms with Crippen LogP contribution in [0.2, 0.25) is 0 Å². The molecule has 0 aliphatic heterocycles. The number of aryl methyl sites for hydroxylation is 1. The van der Waals surface area contributed by atoms with Crippen LogP contribution in [0.1, 0.15) is 12.0 Å².